The Labute approximate surface area is 94.5 Å². The normalized spacial score (nSPS) is 25.2. The number of aliphatic carboxylic acids is 1. The van der Waals surface area contributed by atoms with E-state index in [1.165, 1.54) is 0 Å². The average molecular weight is 230 g/mol. The van der Waals surface area contributed by atoms with Gasteiger partial charge in [-0.2, -0.15) is 0 Å². The number of hydrogen-bond donors (Lipinski definition) is 2. The molecule has 1 rings (SSSR count). The molecule has 1 aliphatic rings. The Balaban J connectivity index is 2.41. The summed E-state index contributed by atoms with van der Waals surface area (Å²) >= 11 is 0. The van der Waals surface area contributed by atoms with Gasteiger partial charge < -0.3 is 10.0 Å². The van der Waals surface area contributed by atoms with Gasteiger partial charge in [0.15, 0.2) is 6.61 Å². The van der Waals surface area contributed by atoms with Crippen LogP contribution in [0.4, 0.5) is 4.79 Å². The number of amides is 2. The minimum absolute atomic E-state index is 0.164. The van der Waals surface area contributed by atoms with E-state index in [2.05, 4.69) is 10.3 Å². The molecule has 2 N–H and O–H groups in total. The molecule has 0 spiro atoms. The van der Waals surface area contributed by atoms with E-state index in [1.54, 1.807) is 4.90 Å². The Morgan fingerprint density at radius 1 is 1.38 bits per heavy atom. The van der Waals surface area contributed by atoms with E-state index in [0.717, 1.165) is 19.3 Å². The maximum absolute atomic E-state index is 11.7. The molecule has 2 atom stereocenters. The van der Waals surface area contributed by atoms with Crippen molar-refractivity contribution < 1.29 is 19.5 Å². The van der Waals surface area contributed by atoms with Crippen molar-refractivity contribution >= 4 is 12.0 Å². The quantitative estimate of drug-likeness (QED) is 0.708. The number of hydroxylamine groups is 1. The maximum atomic E-state index is 11.7. The van der Waals surface area contributed by atoms with E-state index in [1.807, 2.05) is 13.8 Å². The van der Waals surface area contributed by atoms with Crippen molar-refractivity contribution in [2.75, 3.05) is 6.61 Å². The van der Waals surface area contributed by atoms with Crippen LogP contribution in [0.3, 0.4) is 0 Å². The number of rotatable bonds is 3. The minimum atomic E-state index is -1.11. The van der Waals surface area contributed by atoms with Gasteiger partial charge in [-0.3, -0.25) is 4.84 Å². The molecular weight excluding hydrogens is 212 g/mol. The maximum Gasteiger partial charge on any atom is 0.341 e. The fraction of sp³-hybridized carbons (Fsp3) is 0.800. The van der Waals surface area contributed by atoms with Crippen LogP contribution in [0.1, 0.15) is 33.1 Å². The number of likely N-dealkylation sites (tertiary alicyclic amines) is 1. The highest BCUT2D eigenvalue weighted by Gasteiger charge is 2.28. The number of carboxylic acid groups (broad SMARTS) is 1. The van der Waals surface area contributed by atoms with Gasteiger partial charge in [0.05, 0.1) is 0 Å². The van der Waals surface area contributed by atoms with E-state index >= 15 is 0 Å². The first-order valence-electron chi connectivity index (χ1n) is 5.44. The number of hydrogen-bond acceptors (Lipinski definition) is 3. The second-order valence-corrected chi connectivity index (χ2v) is 4.13. The van der Waals surface area contributed by atoms with Crippen molar-refractivity contribution in [3.8, 4) is 0 Å². The van der Waals surface area contributed by atoms with Gasteiger partial charge in [-0.25, -0.2) is 15.1 Å². The van der Waals surface area contributed by atoms with Crippen molar-refractivity contribution in [1.82, 2.24) is 10.4 Å². The molecule has 0 saturated carbocycles. The van der Waals surface area contributed by atoms with Gasteiger partial charge in [-0.05, 0) is 33.1 Å². The van der Waals surface area contributed by atoms with Gasteiger partial charge in [-0.15, -0.1) is 0 Å². The summed E-state index contributed by atoms with van der Waals surface area (Å²) in [7, 11) is 0. The van der Waals surface area contributed by atoms with Crippen LogP contribution >= 0.6 is 0 Å². The molecule has 2 amide bonds. The predicted molar refractivity (Wildman–Crippen MR) is 56.7 cm³/mol. The first-order valence-corrected chi connectivity index (χ1v) is 5.44. The van der Waals surface area contributed by atoms with Crippen LogP contribution in [0.15, 0.2) is 0 Å². The summed E-state index contributed by atoms with van der Waals surface area (Å²) in [5.41, 5.74) is 2.15. The number of nitrogens with zero attached hydrogens (tertiary/aromatic N) is 1. The number of piperidine rings is 1. The Morgan fingerprint density at radius 3 is 2.44 bits per heavy atom. The molecular formula is C10H18N2O4. The highest BCUT2D eigenvalue weighted by atomic mass is 16.7. The lowest BCUT2D eigenvalue weighted by atomic mass is 9.98. The Kier molecular flexibility index (Phi) is 4.54. The zero-order valence-electron chi connectivity index (χ0n) is 9.60. The van der Waals surface area contributed by atoms with Crippen LogP contribution in [-0.2, 0) is 9.63 Å². The van der Waals surface area contributed by atoms with Crippen LogP contribution < -0.4 is 5.48 Å². The molecule has 1 heterocycles. The molecule has 0 aromatic heterocycles. The molecule has 1 aliphatic heterocycles. The highest BCUT2D eigenvalue weighted by Crippen LogP contribution is 2.22. The Hall–Kier alpha value is -1.30. The van der Waals surface area contributed by atoms with Crippen molar-refractivity contribution in [3.05, 3.63) is 0 Å². The molecule has 0 aliphatic carbocycles. The van der Waals surface area contributed by atoms with Crippen molar-refractivity contribution in [2.45, 2.75) is 45.2 Å². The predicted octanol–water partition coefficient (Wildman–Crippen LogP) is 0.975. The average Bonchev–Trinajstić information content (AvgIpc) is 2.16. The first kappa shape index (κ1) is 12.8. The topological polar surface area (TPSA) is 78.9 Å². The highest BCUT2D eigenvalue weighted by molar-refractivity contribution is 5.74. The third kappa shape index (κ3) is 3.37. The zero-order chi connectivity index (χ0) is 12.1. The van der Waals surface area contributed by atoms with E-state index in [0.29, 0.717) is 0 Å². The van der Waals surface area contributed by atoms with E-state index in [9.17, 15) is 9.59 Å². The smallest absolute Gasteiger partial charge is 0.341 e. The summed E-state index contributed by atoms with van der Waals surface area (Å²) in [5.74, 6) is -1.11. The van der Waals surface area contributed by atoms with E-state index in [4.69, 9.17) is 5.11 Å². The molecule has 6 heteroatoms. The first-order chi connectivity index (χ1) is 7.52. The standard InChI is InChI=1S/C10H18N2O4/c1-7-4-3-5-8(2)12(7)10(15)11-16-6-9(13)14/h7-8H,3-6H2,1-2H3,(H,11,15)(H,13,14). The summed E-state index contributed by atoms with van der Waals surface area (Å²) in [6.45, 7) is 3.43. The Morgan fingerprint density at radius 2 is 1.94 bits per heavy atom. The minimum Gasteiger partial charge on any atom is -0.479 e. The summed E-state index contributed by atoms with van der Waals surface area (Å²) < 4.78 is 0. The molecule has 1 saturated heterocycles. The van der Waals surface area contributed by atoms with Gasteiger partial charge in [0.2, 0.25) is 0 Å². The number of carbonyl (C=O) groups is 2. The largest absolute Gasteiger partial charge is 0.479 e. The molecule has 2 unspecified atom stereocenters. The fourth-order valence-corrected chi connectivity index (χ4v) is 2.03. The van der Waals surface area contributed by atoms with E-state index < -0.39 is 12.6 Å². The second-order valence-electron chi connectivity index (χ2n) is 4.13. The molecule has 0 radical (unpaired) electrons. The molecule has 16 heavy (non-hydrogen) atoms. The molecule has 92 valence electrons. The van der Waals surface area contributed by atoms with Gasteiger partial charge in [0, 0.05) is 12.1 Å². The van der Waals surface area contributed by atoms with Crippen LogP contribution in [0.5, 0.6) is 0 Å². The third-order valence-corrected chi connectivity index (χ3v) is 2.78. The van der Waals surface area contributed by atoms with Gasteiger partial charge >= 0.3 is 12.0 Å². The van der Waals surface area contributed by atoms with Crippen molar-refractivity contribution in [3.63, 3.8) is 0 Å². The van der Waals surface area contributed by atoms with Crippen LogP contribution in [0, 0.1) is 0 Å². The molecule has 0 bridgehead atoms. The van der Waals surface area contributed by atoms with Crippen LogP contribution in [-0.4, -0.2) is 40.7 Å². The number of carboxylic acids is 1. The van der Waals surface area contributed by atoms with Crippen molar-refractivity contribution in [2.24, 2.45) is 0 Å². The van der Waals surface area contributed by atoms with Gasteiger partial charge in [0.1, 0.15) is 0 Å². The monoisotopic (exact) mass is 230 g/mol. The second kappa shape index (κ2) is 5.69. The lowest BCUT2D eigenvalue weighted by Gasteiger charge is -2.38. The van der Waals surface area contributed by atoms with Gasteiger partial charge in [0.25, 0.3) is 0 Å². The molecule has 6 nitrogen and oxygen atoms in total. The third-order valence-electron chi connectivity index (χ3n) is 2.78. The SMILES string of the molecule is CC1CCCC(C)N1C(=O)NOCC(=O)O. The van der Waals surface area contributed by atoms with E-state index in [-0.39, 0.29) is 18.1 Å². The van der Waals surface area contributed by atoms with Crippen LogP contribution in [0.2, 0.25) is 0 Å². The lowest BCUT2D eigenvalue weighted by molar-refractivity contribution is -0.144. The number of nitrogens with one attached hydrogen (secondary N) is 1. The summed E-state index contributed by atoms with van der Waals surface area (Å²) in [5, 5.41) is 8.35. The summed E-state index contributed by atoms with van der Waals surface area (Å²) in [6, 6.07) is -0.0321. The van der Waals surface area contributed by atoms with Crippen LogP contribution in [0.25, 0.3) is 0 Å². The fourth-order valence-electron chi connectivity index (χ4n) is 2.03. The summed E-state index contributed by atoms with van der Waals surface area (Å²) in [4.78, 5) is 28.2. The lowest BCUT2D eigenvalue weighted by Crippen LogP contribution is -2.51. The number of urea groups is 1. The Bertz CT molecular complexity index is 260. The molecule has 1 fully saturated rings. The van der Waals surface area contributed by atoms with Crippen molar-refractivity contribution in [1.29, 1.82) is 0 Å². The van der Waals surface area contributed by atoms with Gasteiger partial charge in [-0.1, -0.05) is 0 Å². The molecule has 0 aromatic carbocycles. The molecule has 0 aromatic rings. The zero-order valence-corrected chi connectivity index (χ0v) is 9.60. The summed E-state index contributed by atoms with van der Waals surface area (Å²) in [6.07, 6.45) is 3.05. The number of carbonyl (C=O) groups excluding carboxylic acids is 1.